The van der Waals surface area contributed by atoms with Gasteiger partial charge in [-0.2, -0.15) is 0 Å². The van der Waals surface area contributed by atoms with Crippen molar-refractivity contribution in [3.63, 3.8) is 0 Å². The molecule has 1 aliphatic heterocycles. The van der Waals surface area contributed by atoms with Crippen LogP contribution in [-0.4, -0.2) is 25.3 Å². The third kappa shape index (κ3) is 9.91. The van der Waals surface area contributed by atoms with E-state index in [0.29, 0.717) is 6.42 Å². The molecule has 3 nitrogen and oxygen atoms in total. The lowest BCUT2D eigenvalue weighted by Gasteiger charge is -2.26. The molecule has 0 spiro atoms. The number of carbonyl (C=O) groups is 1. The van der Waals surface area contributed by atoms with Crippen molar-refractivity contribution in [2.45, 2.75) is 83.5 Å². The van der Waals surface area contributed by atoms with Crippen LogP contribution >= 0.6 is 0 Å². The van der Waals surface area contributed by atoms with Gasteiger partial charge in [0.05, 0.1) is 6.10 Å². The molecule has 0 aliphatic carbocycles. The Hall–Kier alpha value is -0.930. The normalized spacial score (nSPS) is 20.7. The van der Waals surface area contributed by atoms with E-state index in [4.69, 9.17) is 9.47 Å². The highest BCUT2D eigenvalue weighted by Crippen LogP contribution is 2.18. The summed E-state index contributed by atoms with van der Waals surface area (Å²) >= 11 is 0. The molecule has 0 radical (unpaired) electrons. The zero-order chi connectivity index (χ0) is 15.9. The van der Waals surface area contributed by atoms with E-state index in [1.165, 1.54) is 25.7 Å². The molecule has 2 atom stereocenters. The first-order valence-electron chi connectivity index (χ1n) is 8.87. The van der Waals surface area contributed by atoms with Crippen molar-refractivity contribution in [3.8, 4) is 0 Å². The van der Waals surface area contributed by atoms with Crippen LogP contribution in [0.1, 0.15) is 71.1 Å². The Morgan fingerprint density at radius 2 is 2.00 bits per heavy atom. The van der Waals surface area contributed by atoms with Crippen LogP contribution in [0, 0.1) is 0 Å². The van der Waals surface area contributed by atoms with Gasteiger partial charge in [-0.1, -0.05) is 44.1 Å². The maximum Gasteiger partial charge on any atom is 0.157 e. The Morgan fingerprint density at radius 3 is 2.73 bits per heavy atom. The minimum absolute atomic E-state index is 0.0506. The van der Waals surface area contributed by atoms with Gasteiger partial charge in [-0.3, -0.25) is 0 Å². The van der Waals surface area contributed by atoms with E-state index >= 15 is 0 Å². The quantitative estimate of drug-likeness (QED) is 0.290. The van der Waals surface area contributed by atoms with E-state index in [1.54, 1.807) is 0 Å². The fourth-order valence-electron chi connectivity index (χ4n) is 2.50. The van der Waals surface area contributed by atoms with Gasteiger partial charge in [0.15, 0.2) is 6.29 Å². The number of hydrogen-bond acceptors (Lipinski definition) is 3. The fraction of sp³-hybridized carbons (Fsp3) is 0.737. The van der Waals surface area contributed by atoms with Crippen LogP contribution in [0.25, 0.3) is 0 Å². The first-order valence-corrected chi connectivity index (χ1v) is 8.87. The lowest BCUT2D eigenvalue weighted by molar-refractivity contribution is -0.187. The van der Waals surface area contributed by atoms with Crippen molar-refractivity contribution in [3.05, 3.63) is 24.3 Å². The molecule has 1 saturated heterocycles. The average Bonchev–Trinajstić information content (AvgIpc) is 2.54. The summed E-state index contributed by atoms with van der Waals surface area (Å²) in [5.41, 5.74) is 0. The second-order valence-corrected chi connectivity index (χ2v) is 5.87. The van der Waals surface area contributed by atoms with E-state index in [0.717, 1.165) is 45.0 Å². The van der Waals surface area contributed by atoms with Crippen LogP contribution in [0.4, 0.5) is 0 Å². The predicted molar refractivity (Wildman–Crippen MR) is 90.8 cm³/mol. The molecule has 0 saturated carbocycles. The molecule has 0 N–H and O–H groups in total. The van der Waals surface area contributed by atoms with Crippen molar-refractivity contribution in [2.75, 3.05) is 6.61 Å². The van der Waals surface area contributed by atoms with Gasteiger partial charge in [0.1, 0.15) is 6.29 Å². The van der Waals surface area contributed by atoms with Crippen LogP contribution in [0.3, 0.4) is 0 Å². The third-order valence-electron chi connectivity index (χ3n) is 3.82. The van der Waals surface area contributed by atoms with Gasteiger partial charge in [-0.25, -0.2) is 0 Å². The van der Waals surface area contributed by atoms with Gasteiger partial charge in [-0.05, 0) is 44.9 Å². The number of allylic oxidation sites excluding steroid dienone is 3. The van der Waals surface area contributed by atoms with Crippen LogP contribution in [-0.2, 0) is 14.3 Å². The summed E-state index contributed by atoms with van der Waals surface area (Å²) in [6.07, 6.45) is 20.0. The summed E-state index contributed by atoms with van der Waals surface area (Å²) in [5, 5.41) is 0. The summed E-state index contributed by atoms with van der Waals surface area (Å²) in [6, 6.07) is 0. The molecule has 1 rings (SSSR count). The molecule has 0 aromatic carbocycles. The topological polar surface area (TPSA) is 35.5 Å². The number of hydrogen-bond donors (Lipinski definition) is 0. The maximum absolute atomic E-state index is 10.8. The second kappa shape index (κ2) is 13.7. The van der Waals surface area contributed by atoms with Gasteiger partial charge in [-0.15, -0.1) is 0 Å². The molecule has 22 heavy (non-hydrogen) atoms. The SMILES string of the molecule is CCCCC/C=C\C/C=C\CC(CC=O)O[C@@H]1CCCCO1. The Bertz CT molecular complexity index is 317. The van der Waals surface area contributed by atoms with Gasteiger partial charge in [0.25, 0.3) is 0 Å². The van der Waals surface area contributed by atoms with Crippen molar-refractivity contribution in [1.82, 2.24) is 0 Å². The Labute approximate surface area is 135 Å². The number of rotatable bonds is 12. The minimum Gasteiger partial charge on any atom is -0.353 e. The Kier molecular flexibility index (Phi) is 11.9. The molecule has 126 valence electrons. The van der Waals surface area contributed by atoms with E-state index in [-0.39, 0.29) is 12.4 Å². The van der Waals surface area contributed by atoms with Crippen LogP contribution in [0.5, 0.6) is 0 Å². The van der Waals surface area contributed by atoms with Gasteiger partial charge in [0.2, 0.25) is 0 Å². The molecule has 1 fully saturated rings. The monoisotopic (exact) mass is 308 g/mol. The summed E-state index contributed by atoms with van der Waals surface area (Å²) in [4.78, 5) is 10.8. The Balaban J connectivity index is 2.16. The van der Waals surface area contributed by atoms with Crippen LogP contribution in [0.2, 0.25) is 0 Å². The molecule has 1 heterocycles. The first-order chi connectivity index (χ1) is 10.9. The van der Waals surface area contributed by atoms with Gasteiger partial charge >= 0.3 is 0 Å². The average molecular weight is 308 g/mol. The minimum atomic E-state index is -0.120. The molecule has 0 aromatic rings. The second-order valence-electron chi connectivity index (χ2n) is 5.87. The molecule has 1 unspecified atom stereocenters. The predicted octanol–water partition coefficient (Wildman–Crippen LogP) is 4.96. The molecule has 0 aromatic heterocycles. The molecular formula is C19H32O3. The summed E-state index contributed by atoms with van der Waals surface area (Å²) in [7, 11) is 0. The summed E-state index contributed by atoms with van der Waals surface area (Å²) in [5.74, 6) is 0. The highest BCUT2D eigenvalue weighted by molar-refractivity contribution is 5.50. The third-order valence-corrected chi connectivity index (χ3v) is 3.82. The zero-order valence-electron chi connectivity index (χ0n) is 14.0. The largest absolute Gasteiger partial charge is 0.353 e. The molecule has 0 bridgehead atoms. The number of unbranched alkanes of at least 4 members (excludes halogenated alkanes) is 3. The van der Waals surface area contributed by atoms with E-state index < -0.39 is 0 Å². The molecule has 0 amide bonds. The van der Waals surface area contributed by atoms with Gasteiger partial charge < -0.3 is 14.3 Å². The standard InChI is InChI=1S/C19H32O3/c1-2-3-4-5-6-7-8-9-10-13-18(15-16-20)22-19-14-11-12-17-21-19/h6-7,9-10,16,18-19H,2-5,8,11-15,17H2,1H3/b7-6-,10-9-/t18?,19-/m1/s1. The highest BCUT2D eigenvalue weighted by Gasteiger charge is 2.18. The lowest BCUT2D eigenvalue weighted by atomic mass is 10.1. The molecule has 1 aliphatic rings. The van der Waals surface area contributed by atoms with Crippen LogP contribution < -0.4 is 0 Å². The molecule has 3 heteroatoms. The first kappa shape index (κ1) is 19.1. The number of aldehydes is 1. The molecular weight excluding hydrogens is 276 g/mol. The van der Waals surface area contributed by atoms with E-state index in [9.17, 15) is 4.79 Å². The van der Waals surface area contributed by atoms with Crippen molar-refractivity contribution >= 4 is 6.29 Å². The number of carbonyl (C=O) groups excluding carboxylic acids is 1. The maximum atomic E-state index is 10.8. The van der Waals surface area contributed by atoms with E-state index in [2.05, 4.69) is 31.2 Å². The lowest BCUT2D eigenvalue weighted by Crippen LogP contribution is -2.28. The smallest absolute Gasteiger partial charge is 0.157 e. The van der Waals surface area contributed by atoms with E-state index in [1.807, 2.05) is 0 Å². The zero-order valence-corrected chi connectivity index (χ0v) is 14.0. The summed E-state index contributed by atoms with van der Waals surface area (Å²) < 4.78 is 11.5. The van der Waals surface area contributed by atoms with Crippen molar-refractivity contribution < 1.29 is 14.3 Å². The van der Waals surface area contributed by atoms with Crippen molar-refractivity contribution in [2.24, 2.45) is 0 Å². The Morgan fingerprint density at radius 1 is 1.14 bits per heavy atom. The fourth-order valence-corrected chi connectivity index (χ4v) is 2.50. The number of ether oxygens (including phenoxy) is 2. The van der Waals surface area contributed by atoms with Gasteiger partial charge in [0, 0.05) is 13.0 Å². The summed E-state index contributed by atoms with van der Waals surface area (Å²) in [6.45, 7) is 3.00. The highest BCUT2D eigenvalue weighted by atomic mass is 16.7. The van der Waals surface area contributed by atoms with Crippen molar-refractivity contribution in [1.29, 1.82) is 0 Å². The van der Waals surface area contributed by atoms with Crippen LogP contribution in [0.15, 0.2) is 24.3 Å².